The molecule has 0 amide bonds. The number of rotatable bonds is 2. The zero-order valence-corrected chi connectivity index (χ0v) is 14.9. The monoisotopic (exact) mass is 351 g/mol. The minimum atomic E-state index is 0.0192. The summed E-state index contributed by atoms with van der Waals surface area (Å²) in [6.45, 7) is 7.95. The van der Waals surface area contributed by atoms with Crippen LogP contribution in [0.3, 0.4) is 0 Å². The molecule has 1 aliphatic heterocycles. The highest BCUT2D eigenvalue weighted by atomic mass is 79.9. The van der Waals surface area contributed by atoms with E-state index in [0.717, 1.165) is 29.1 Å². The second-order valence-corrected chi connectivity index (χ2v) is 7.74. The molecule has 0 aromatic heterocycles. The van der Waals surface area contributed by atoms with E-state index in [-0.39, 0.29) is 5.60 Å². The first-order chi connectivity index (χ1) is 10.1. The fourth-order valence-electron chi connectivity index (χ4n) is 4.18. The first kappa shape index (κ1) is 15.4. The predicted octanol–water partition coefficient (Wildman–Crippen LogP) is 5.08. The summed E-state index contributed by atoms with van der Waals surface area (Å²) in [5, 5.41) is 3.67. The highest BCUT2D eigenvalue weighted by Crippen LogP contribution is 2.50. The summed E-state index contributed by atoms with van der Waals surface area (Å²) in [4.78, 5) is 0. The quantitative estimate of drug-likeness (QED) is 0.802. The number of hydrogen-bond acceptors (Lipinski definition) is 2. The normalized spacial score (nSPS) is 35.3. The fraction of sp³-hybridized carbons (Fsp3) is 0.667. The lowest BCUT2D eigenvalue weighted by Crippen LogP contribution is -2.52. The van der Waals surface area contributed by atoms with Gasteiger partial charge in [-0.2, -0.15) is 0 Å². The van der Waals surface area contributed by atoms with Crippen molar-refractivity contribution in [3.63, 3.8) is 0 Å². The van der Waals surface area contributed by atoms with Crippen molar-refractivity contribution < 1.29 is 4.74 Å². The van der Waals surface area contributed by atoms with Crippen molar-refractivity contribution in [1.29, 1.82) is 0 Å². The van der Waals surface area contributed by atoms with Crippen molar-refractivity contribution in [2.75, 3.05) is 6.54 Å². The number of halogens is 1. The van der Waals surface area contributed by atoms with Gasteiger partial charge in [-0.05, 0) is 49.4 Å². The Hall–Kier alpha value is -0.540. The molecule has 2 nitrogen and oxygen atoms in total. The topological polar surface area (TPSA) is 21.3 Å². The average Bonchev–Trinajstić information content (AvgIpc) is 2.46. The van der Waals surface area contributed by atoms with Crippen LogP contribution in [0.1, 0.15) is 58.1 Å². The predicted molar refractivity (Wildman–Crippen MR) is 90.7 cm³/mol. The molecule has 3 rings (SSSR count). The van der Waals surface area contributed by atoms with E-state index in [9.17, 15) is 0 Å². The van der Waals surface area contributed by atoms with Gasteiger partial charge in [0, 0.05) is 22.5 Å². The van der Waals surface area contributed by atoms with Crippen LogP contribution in [0.4, 0.5) is 0 Å². The van der Waals surface area contributed by atoms with Crippen molar-refractivity contribution in [2.45, 2.75) is 58.1 Å². The summed E-state index contributed by atoms with van der Waals surface area (Å²) in [5.41, 5.74) is 1.33. The lowest BCUT2D eigenvalue weighted by Gasteiger charge is -2.50. The Morgan fingerprint density at radius 3 is 2.95 bits per heavy atom. The van der Waals surface area contributed by atoms with Crippen LogP contribution in [0.25, 0.3) is 0 Å². The van der Waals surface area contributed by atoms with Gasteiger partial charge in [-0.25, -0.2) is 0 Å². The van der Waals surface area contributed by atoms with Crippen LogP contribution < -0.4 is 10.1 Å². The summed E-state index contributed by atoms with van der Waals surface area (Å²) in [5.74, 6) is 2.44. The molecule has 4 unspecified atom stereocenters. The van der Waals surface area contributed by atoms with E-state index in [2.05, 4.69) is 60.2 Å². The van der Waals surface area contributed by atoms with Crippen LogP contribution in [-0.4, -0.2) is 12.1 Å². The van der Waals surface area contributed by atoms with Crippen LogP contribution in [-0.2, 0) is 0 Å². The highest BCUT2D eigenvalue weighted by molar-refractivity contribution is 9.10. The summed E-state index contributed by atoms with van der Waals surface area (Å²) < 4.78 is 7.75. The molecule has 3 heteroatoms. The fourth-order valence-corrected chi connectivity index (χ4v) is 4.56. The van der Waals surface area contributed by atoms with Crippen molar-refractivity contribution in [2.24, 2.45) is 11.8 Å². The summed E-state index contributed by atoms with van der Waals surface area (Å²) in [7, 11) is 0. The summed E-state index contributed by atoms with van der Waals surface area (Å²) in [6, 6.07) is 6.85. The molecule has 2 aliphatic rings. The van der Waals surface area contributed by atoms with Gasteiger partial charge in [0.25, 0.3) is 0 Å². The minimum absolute atomic E-state index is 0.0192. The Labute approximate surface area is 136 Å². The van der Waals surface area contributed by atoms with Crippen molar-refractivity contribution in [3.05, 3.63) is 28.2 Å². The molecule has 0 saturated heterocycles. The van der Waals surface area contributed by atoms with E-state index >= 15 is 0 Å². The van der Waals surface area contributed by atoms with E-state index in [1.165, 1.54) is 24.8 Å². The second kappa shape index (κ2) is 5.92. The number of hydrogen-bond donors (Lipinski definition) is 1. The Bertz CT molecular complexity index is 518. The van der Waals surface area contributed by atoms with Crippen molar-refractivity contribution >= 4 is 15.9 Å². The maximum absolute atomic E-state index is 6.61. The van der Waals surface area contributed by atoms with Gasteiger partial charge in [0.1, 0.15) is 11.4 Å². The smallest absolute Gasteiger partial charge is 0.125 e. The van der Waals surface area contributed by atoms with Crippen LogP contribution in [0.5, 0.6) is 5.75 Å². The third kappa shape index (κ3) is 2.75. The number of benzene rings is 1. The van der Waals surface area contributed by atoms with Crippen molar-refractivity contribution in [3.8, 4) is 5.75 Å². The first-order valence-corrected chi connectivity index (χ1v) is 9.07. The van der Waals surface area contributed by atoms with Crippen LogP contribution in [0, 0.1) is 11.8 Å². The summed E-state index contributed by atoms with van der Waals surface area (Å²) in [6.07, 6.45) is 4.91. The van der Waals surface area contributed by atoms with E-state index in [0.29, 0.717) is 12.0 Å². The Morgan fingerprint density at radius 1 is 1.38 bits per heavy atom. The van der Waals surface area contributed by atoms with Gasteiger partial charge >= 0.3 is 0 Å². The molecule has 21 heavy (non-hydrogen) atoms. The van der Waals surface area contributed by atoms with Gasteiger partial charge in [-0.3, -0.25) is 0 Å². The van der Waals surface area contributed by atoms with Crippen LogP contribution in [0.15, 0.2) is 22.7 Å². The van der Waals surface area contributed by atoms with Gasteiger partial charge in [0.15, 0.2) is 0 Å². The Kier molecular flexibility index (Phi) is 4.33. The largest absolute Gasteiger partial charge is 0.487 e. The van der Waals surface area contributed by atoms with Gasteiger partial charge in [-0.15, -0.1) is 0 Å². The summed E-state index contributed by atoms with van der Waals surface area (Å²) >= 11 is 3.59. The molecule has 1 saturated carbocycles. The second-order valence-electron chi connectivity index (χ2n) is 6.82. The highest BCUT2D eigenvalue weighted by Gasteiger charge is 2.48. The SMILES string of the molecule is CCNC1CC2(CCCC(C)C2C)Oc2ccc(Br)cc21. The van der Waals surface area contributed by atoms with E-state index < -0.39 is 0 Å². The zero-order valence-electron chi connectivity index (χ0n) is 13.3. The van der Waals surface area contributed by atoms with Crippen LogP contribution in [0.2, 0.25) is 0 Å². The third-order valence-electron chi connectivity index (χ3n) is 5.60. The van der Waals surface area contributed by atoms with Gasteiger partial charge < -0.3 is 10.1 Å². The van der Waals surface area contributed by atoms with E-state index in [1.807, 2.05) is 0 Å². The Morgan fingerprint density at radius 2 is 2.19 bits per heavy atom. The van der Waals surface area contributed by atoms with Crippen molar-refractivity contribution in [1.82, 2.24) is 5.32 Å². The molecule has 116 valence electrons. The average molecular weight is 352 g/mol. The molecular weight excluding hydrogens is 326 g/mol. The van der Waals surface area contributed by atoms with E-state index in [1.54, 1.807) is 0 Å². The molecule has 4 atom stereocenters. The first-order valence-electron chi connectivity index (χ1n) is 8.27. The molecule has 1 heterocycles. The van der Waals surface area contributed by atoms with Gasteiger partial charge in [0.2, 0.25) is 0 Å². The minimum Gasteiger partial charge on any atom is -0.487 e. The standard InChI is InChI=1S/C18H26BrNO/c1-4-20-16-11-18(9-5-6-12(2)13(18)3)21-17-8-7-14(19)10-15(16)17/h7-8,10,12-13,16,20H,4-6,9,11H2,1-3H3. The molecule has 1 aliphatic carbocycles. The maximum atomic E-state index is 6.61. The lowest BCUT2D eigenvalue weighted by atomic mass is 9.66. The molecule has 1 aromatic rings. The zero-order chi connectivity index (χ0) is 15.0. The number of fused-ring (bicyclic) bond motifs is 1. The van der Waals surface area contributed by atoms with Gasteiger partial charge in [-0.1, -0.05) is 43.1 Å². The van der Waals surface area contributed by atoms with E-state index in [4.69, 9.17) is 4.74 Å². The molecule has 0 radical (unpaired) electrons. The maximum Gasteiger partial charge on any atom is 0.125 e. The molecule has 1 fully saturated rings. The molecule has 1 spiro atoms. The van der Waals surface area contributed by atoms with Gasteiger partial charge in [0.05, 0.1) is 0 Å². The molecular formula is C18H26BrNO. The lowest BCUT2D eigenvalue weighted by molar-refractivity contribution is -0.0644. The molecule has 1 N–H and O–H groups in total. The number of ether oxygens (including phenoxy) is 1. The van der Waals surface area contributed by atoms with Crippen LogP contribution >= 0.6 is 15.9 Å². The molecule has 0 bridgehead atoms. The number of nitrogens with one attached hydrogen (secondary N) is 1. The Balaban J connectivity index is 1.98. The third-order valence-corrected chi connectivity index (χ3v) is 6.10. The molecule has 1 aromatic carbocycles.